The van der Waals surface area contributed by atoms with Crippen molar-refractivity contribution in [1.82, 2.24) is 0 Å². The summed E-state index contributed by atoms with van der Waals surface area (Å²) in [6.45, 7) is 0. The van der Waals surface area contributed by atoms with E-state index in [1.54, 1.807) is 6.07 Å². The van der Waals surface area contributed by atoms with Crippen LogP contribution >= 0.6 is 11.6 Å². The molecular weight excluding hydrogens is 312 g/mol. The van der Waals surface area contributed by atoms with Crippen molar-refractivity contribution in [3.63, 3.8) is 0 Å². The molecule has 1 N–H and O–H groups in total. The number of rotatable bonds is 4. The Morgan fingerprint density at radius 3 is 2.64 bits per heavy atom. The van der Waals surface area contributed by atoms with Gasteiger partial charge in [-0.15, -0.1) is 0 Å². The van der Waals surface area contributed by atoms with E-state index >= 15 is 0 Å². The van der Waals surface area contributed by atoms with Crippen LogP contribution in [0, 0.1) is 11.6 Å². The summed E-state index contributed by atoms with van der Waals surface area (Å²) in [6, 6.07) is 8.09. The summed E-state index contributed by atoms with van der Waals surface area (Å²) in [4.78, 5) is 11.7. The second kappa shape index (κ2) is 7.04. The maximum absolute atomic E-state index is 13.5. The first kappa shape index (κ1) is 16.0. The molecule has 114 valence electrons. The minimum atomic E-state index is -0.596. The van der Waals surface area contributed by atoms with Crippen LogP contribution in [0.15, 0.2) is 42.5 Å². The minimum absolute atomic E-state index is 0.0249. The molecule has 2 rings (SSSR count). The van der Waals surface area contributed by atoms with Crippen molar-refractivity contribution < 1.29 is 18.3 Å². The second-order valence-electron chi connectivity index (χ2n) is 4.34. The molecule has 1 amide bonds. The third-order valence-corrected chi connectivity index (χ3v) is 3.02. The normalized spacial score (nSPS) is 10.7. The summed E-state index contributed by atoms with van der Waals surface area (Å²) in [5.41, 5.74) is 0.447. The average Bonchev–Trinajstić information content (AvgIpc) is 2.49. The predicted molar refractivity (Wildman–Crippen MR) is 82.0 cm³/mol. The van der Waals surface area contributed by atoms with Gasteiger partial charge < -0.3 is 10.1 Å². The monoisotopic (exact) mass is 323 g/mol. The highest BCUT2D eigenvalue weighted by molar-refractivity contribution is 6.30. The zero-order chi connectivity index (χ0) is 16.1. The first-order valence-corrected chi connectivity index (χ1v) is 6.65. The maximum Gasteiger partial charge on any atom is 0.248 e. The van der Waals surface area contributed by atoms with Crippen molar-refractivity contribution in [2.24, 2.45) is 0 Å². The molecule has 0 saturated heterocycles. The molecule has 0 fully saturated rings. The van der Waals surface area contributed by atoms with Crippen LogP contribution in [0.25, 0.3) is 6.08 Å². The molecule has 22 heavy (non-hydrogen) atoms. The number of hydrogen-bond acceptors (Lipinski definition) is 2. The molecule has 0 aliphatic carbocycles. The minimum Gasteiger partial charge on any atom is -0.494 e. The molecular formula is C16H12ClF2NO2. The molecule has 2 aromatic carbocycles. The van der Waals surface area contributed by atoms with Crippen LogP contribution in [0.3, 0.4) is 0 Å². The molecule has 0 atom stereocenters. The zero-order valence-electron chi connectivity index (χ0n) is 11.6. The molecule has 0 aliphatic heterocycles. The summed E-state index contributed by atoms with van der Waals surface area (Å²) in [6.07, 6.45) is 2.57. The summed E-state index contributed by atoms with van der Waals surface area (Å²) in [5, 5.41) is 2.66. The highest BCUT2D eigenvalue weighted by Crippen LogP contribution is 2.20. The van der Waals surface area contributed by atoms with Gasteiger partial charge in [0.1, 0.15) is 5.82 Å². The zero-order valence-corrected chi connectivity index (χ0v) is 12.3. The molecule has 0 heterocycles. The van der Waals surface area contributed by atoms with Gasteiger partial charge in [-0.05, 0) is 42.0 Å². The van der Waals surface area contributed by atoms with E-state index in [1.165, 1.54) is 43.5 Å². The lowest BCUT2D eigenvalue weighted by molar-refractivity contribution is -0.111. The van der Waals surface area contributed by atoms with Crippen molar-refractivity contribution in [3.8, 4) is 5.75 Å². The molecule has 6 heteroatoms. The van der Waals surface area contributed by atoms with Crippen LogP contribution in [0.1, 0.15) is 5.56 Å². The molecule has 0 aliphatic rings. The van der Waals surface area contributed by atoms with Crippen molar-refractivity contribution in [3.05, 3.63) is 64.7 Å². The summed E-state index contributed by atoms with van der Waals surface area (Å²) < 4.78 is 31.8. The van der Waals surface area contributed by atoms with Crippen LogP contribution in [-0.2, 0) is 4.79 Å². The Kier molecular flexibility index (Phi) is 5.12. The van der Waals surface area contributed by atoms with Gasteiger partial charge in [0.25, 0.3) is 0 Å². The van der Waals surface area contributed by atoms with Gasteiger partial charge in [0.15, 0.2) is 11.6 Å². The van der Waals surface area contributed by atoms with E-state index in [1.807, 2.05) is 0 Å². The van der Waals surface area contributed by atoms with Crippen molar-refractivity contribution in [2.45, 2.75) is 0 Å². The van der Waals surface area contributed by atoms with Crippen molar-refractivity contribution in [2.75, 3.05) is 12.4 Å². The molecule has 0 spiro atoms. The quantitative estimate of drug-likeness (QED) is 0.853. The van der Waals surface area contributed by atoms with Gasteiger partial charge in [0.2, 0.25) is 5.91 Å². The number of hydrogen-bond donors (Lipinski definition) is 1. The van der Waals surface area contributed by atoms with E-state index in [0.29, 0.717) is 10.6 Å². The second-order valence-corrected chi connectivity index (χ2v) is 4.78. The number of halogens is 3. The van der Waals surface area contributed by atoms with Crippen molar-refractivity contribution >= 4 is 29.3 Å². The first-order valence-electron chi connectivity index (χ1n) is 6.27. The van der Waals surface area contributed by atoms with E-state index in [4.69, 9.17) is 16.3 Å². The molecule has 0 unspecified atom stereocenters. The summed E-state index contributed by atoms with van der Waals surface area (Å²) >= 11 is 5.73. The van der Waals surface area contributed by atoms with Gasteiger partial charge in [0, 0.05) is 11.1 Å². The predicted octanol–water partition coefficient (Wildman–Crippen LogP) is 4.28. The highest BCUT2D eigenvalue weighted by Gasteiger charge is 2.06. The van der Waals surface area contributed by atoms with Crippen LogP contribution in [-0.4, -0.2) is 13.0 Å². The van der Waals surface area contributed by atoms with E-state index in [2.05, 4.69) is 5.32 Å². The van der Waals surface area contributed by atoms with E-state index in [0.717, 1.165) is 6.07 Å². The lowest BCUT2D eigenvalue weighted by Gasteiger charge is -2.04. The molecule has 0 aromatic heterocycles. The van der Waals surface area contributed by atoms with Gasteiger partial charge in [-0.3, -0.25) is 4.79 Å². The number of ether oxygens (including phenoxy) is 1. The number of nitrogens with one attached hydrogen (secondary N) is 1. The average molecular weight is 324 g/mol. The van der Waals surface area contributed by atoms with Gasteiger partial charge in [-0.1, -0.05) is 17.7 Å². The summed E-state index contributed by atoms with van der Waals surface area (Å²) in [5.74, 6) is -1.58. The third kappa shape index (κ3) is 4.05. The van der Waals surface area contributed by atoms with Gasteiger partial charge in [-0.25, -0.2) is 8.78 Å². The fourth-order valence-corrected chi connectivity index (χ4v) is 1.90. The summed E-state index contributed by atoms with van der Waals surface area (Å²) in [7, 11) is 1.36. The number of carbonyl (C=O) groups is 1. The van der Waals surface area contributed by atoms with Gasteiger partial charge in [-0.2, -0.15) is 0 Å². The Labute approximate surface area is 131 Å². The third-order valence-electron chi connectivity index (χ3n) is 2.79. The van der Waals surface area contributed by atoms with Gasteiger partial charge in [0.05, 0.1) is 12.8 Å². The van der Waals surface area contributed by atoms with Crippen LogP contribution in [0.4, 0.5) is 14.5 Å². The topological polar surface area (TPSA) is 38.3 Å². The SMILES string of the molecule is COc1ccc(/C=C/C(=O)Nc2cc(Cl)ccc2F)cc1F. The Balaban J connectivity index is 2.08. The molecule has 3 nitrogen and oxygen atoms in total. The van der Waals surface area contributed by atoms with Crippen LogP contribution < -0.4 is 10.1 Å². The van der Waals surface area contributed by atoms with Crippen LogP contribution in [0.5, 0.6) is 5.75 Å². The van der Waals surface area contributed by atoms with Crippen molar-refractivity contribution in [1.29, 1.82) is 0 Å². The molecule has 0 radical (unpaired) electrons. The number of amides is 1. The van der Waals surface area contributed by atoms with Crippen LogP contribution in [0.2, 0.25) is 5.02 Å². The highest BCUT2D eigenvalue weighted by atomic mass is 35.5. The first-order chi connectivity index (χ1) is 10.5. The van der Waals surface area contributed by atoms with E-state index in [-0.39, 0.29) is 11.4 Å². The molecule has 0 saturated carbocycles. The standard InChI is InChI=1S/C16H12ClF2NO2/c1-22-15-6-2-10(8-13(15)19)3-7-16(21)20-14-9-11(17)4-5-12(14)18/h2-9H,1H3,(H,20,21)/b7-3+. The number of methoxy groups -OCH3 is 1. The Morgan fingerprint density at radius 2 is 1.95 bits per heavy atom. The van der Waals surface area contributed by atoms with Gasteiger partial charge >= 0.3 is 0 Å². The Morgan fingerprint density at radius 1 is 1.18 bits per heavy atom. The Hall–Kier alpha value is -2.40. The number of carbonyl (C=O) groups excluding carboxylic acids is 1. The lowest BCUT2D eigenvalue weighted by Crippen LogP contribution is -2.09. The Bertz CT molecular complexity index is 732. The van der Waals surface area contributed by atoms with E-state index < -0.39 is 17.5 Å². The largest absolute Gasteiger partial charge is 0.494 e. The molecule has 0 bridgehead atoms. The number of benzene rings is 2. The molecule has 2 aromatic rings. The fourth-order valence-electron chi connectivity index (χ4n) is 1.73. The number of anilines is 1. The van der Waals surface area contributed by atoms with E-state index in [9.17, 15) is 13.6 Å². The fraction of sp³-hybridized carbons (Fsp3) is 0.0625. The maximum atomic E-state index is 13.5. The lowest BCUT2D eigenvalue weighted by atomic mass is 10.2. The smallest absolute Gasteiger partial charge is 0.248 e.